The van der Waals surface area contributed by atoms with Gasteiger partial charge in [0.1, 0.15) is 15.7 Å². The molecular formula is C31H36FN3O11S. The van der Waals surface area contributed by atoms with E-state index in [9.17, 15) is 42.6 Å². The fraction of sp³-hybridized carbons (Fsp3) is 0.452. The number of rotatable bonds is 12. The van der Waals surface area contributed by atoms with Crippen molar-refractivity contribution in [1.29, 1.82) is 0 Å². The van der Waals surface area contributed by atoms with Crippen molar-refractivity contribution in [2.24, 2.45) is 11.8 Å². The molecule has 4 atom stereocenters. The summed E-state index contributed by atoms with van der Waals surface area (Å²) in [6, 6.07) is 2.40. The second-order valence-corrected chi connectivity index (χ2v) is 14.1. The van der Waals surface area contributed by atoms with E-state index in [0.29, 0.717) is 34.3 Å². The van der Waals surface area contributed by atoms with Crippen LogP contribution in [0.25, 0.3) is 0 Å². The summed E-state index contributed by atoms with van der Waals surface area (Å²) in [4.78, 5) is 64.7. The Labute approximate surface area is 270 Å². The van der Waals surface area contributed by atoms with Crippen molar-refractivity contribution in [3.05, 3.63) is 41.2 Å². The summed E-state index contributed by atoms with van der Waals surface area (Å²) >= 11 is 0. The van der Waals surface area contributed by atoms with Crippen LogP contribution in [0, 0.1) is 17.7 Å². The van der Waals surface area contributed by atoms with Crippen LogP contribution in [0.2, 0.25) is 0 Å². The number of carbonyl (C=O) groups is 5. The summed E-state index contributed by atoms with van der Waals surface area (Å²) in [7, 11) is -2.56. The van der Waals surface area contributed by atoms with Gasteiger partial charge in [0.15, 0.2) is 11.5 Å². The molecule has 4 N–H and O–H groups in total. The molecule has 254 valence electrons. The van der Waals surface area contributed by atoms with Crippen LogP contribution in [0.3, 0.4) is 0 Å². The Morgan fingerprint density at radius 1 is 1.11 bits per heavy atom. The molecule has 16 heteroatoms. The summed E-state index contributed by atoms with van der Waals surface area (Å²) in [5.41, 5.74) is -0.293. The Morgan fingerprint density at radius 2 is 1.79 bits per heavy atom. The Balaban J connectivity index is 1.97. The van der Waals surface area contributed by atoms with Crippen LogP contribution in [-0.2, 0) is 40.2 Å². The van der Waals surface area contributed by atoms with Gasteiger partial charge in [-0.3, -0.25) is 19.3 Å². The smallest absolute Gasteiger partial charge is 0.394 e. The molecule has 2 aliphatic heterocycles. The largest absolute Gasteiger partial charge is 0.493 e. The second kappa shape index (κ2) is 13.6. The first-order chi connectivity index (χ1) is 22.0. The summed E-state index contributed by atoms with van der Waals surface area (Å²) in [5.74, 6) is -12.6. The number of anilines is 3. The Morgan fingerprint density at radius 3 is 2.34 bits per heavy atom. The maximum absolute atomic E-state index is 15.8. The standard InChI is InChI=1S/C31H36FN3O11S/c1-6-46-22-12-19-15(11-21(22)45-4)10-20(33-19)16(13-47(5,43)44)26-25(28(37)30(39)40)24-18(34-23(36)9-14(2)3)8-7-17(32)27(24)35(26)29(38)31(41)42/h7-8,11-12,14,16,20,25-26,33H,6,9-10,13H2,1-5H3,(H,34,36)(H,39,40)(H,41,42)/t16-,20-,25-,26+/m1/s1. The highest BCUT2D eigenvalue weighted by Crippen LogP contribution is 2.51. The molecule has 2 aromatic carbocycles. The Kier molecular flexibility index (Phi) is 10.1. The lowest BCUT2D eigenvalue weighted by Gasteiger charge is -2.36. The first-order valence-electron chi connectivity index (χ1n) is 14.7. The van der Waals surface area contributed by atoms with E-state index in [1.54, 1.807) is 32.9 Å². The topological polar surface area (TPSA) is 206 Å². The zero-order valence-electron chi connectivity index (χ0n) is 26.3. The first-order valence-corrected chi connectivity index (χ1v) is 16.8. The minimum absolute atomic E-state index is 0.0148. The lowest BCUT2D eigenvalue weighted by molar-refractivity contribution is -0.150. The molecule has 0 saturated carbocycles. The van der Waals surface area contributed by atoms with Gasteiger partial charge in [-0.25, -0.2) is 22.4 Å². The van der Waals surface area contributed by atoms with E-state index in [4.69, 9.17) is 9.47 Å². The van der Waals surface area contributed by atoms with Gasteiger partial charge in [0, 0.05) is 47.6 Å². The molecule has 2 aliphatic rings. The molecule has 0 saturated heterocycles. The van der Waals surface area contributed by atoms with Crippen LogP contribution in [0.15, 0.2) is 24.3 Å². The van der Waals surface area contributed by atoms with Crippen LogP contribution in [0.5, 0.6) is 11.5 Å². The van der Waals surface area contributed by atoms with Crippen molar-refractivity contribution in [3.63, 3.8) is 0 Å². The number of hydrogen-bond donors (Lipinski definition) is 4. The van der Waals surface area contributed by atoms with E-state index in [2.05, 4.69) is 10.6 Å². The van der Waals surface area contributed by atoms with Crippen molar-refractivity contribution >= 4 is 56.4 Å². The molecule has 0 bridgehead atoms. The molecule has 0 aliphatic carbocycles. The number of halogens is 1. The minimum Gasteiger partial charge on any atom is -0.493 e. The third-order valence-corrected chi connectivity index (χ3v) is 9.03. The van der Waals surface area contributed by atoms with E-state index in [0.717, 1.165) is 18.4 Å². The molecule has 2 amide bonds. The highest BCUT2D eigenvalue weighted by Gasteiger charge is 2.56. The normalized spacial score (nSPS) is 19.0. The molecule has 47 heavy (non-hydrogen) atoms. The van der Waals surface area contributed by atoms with Gasteiger partial charge in [0.05, 0.1) is 37.1 Å². The number of fused-ring (bicyclic) bond motifs is 2. The van der Waals surface area contributed by atoms with Gasteiger partial charge >= 0.3 is 17.8 Å². The average Bonchev–Trinajstić information content (AvgIpc) is 3.55. The van der Waals surface area contributed by atoms with Crippen LogP contribution in [0.1, 0.15) is 44.2 Å². The third-order valence-electron chi connectivity index (χ3n) is 8.04. The summed E-state index contributed by atoms with van der Waals surface area (Å²) in [5, 5.41) is 25.5. The molecule has 0 fully saturated rings. The number of hydrogen-bond acceptors (Lipinski definition) is 10. The van der Waals surface area contributed by atoms with E-state index in [1.165, 1.54) is 7.11 Å². The van der Waals surface area contributed by atoms with Gasteiger partial charge in [-0.1, -0.05) is 13.8 Å². The second-order valence-electron chi connectivity index (χ2n) is 11.9. The molecule has 0 spiro atoms. The maximum atomic E-state index is 15.8. The summed E-state index contributed by atoms with van der Waals surface area (Å²) in [6.07, 6.45) is 0.934. The lowest BCUT2D eigenvalue weighted by Crippen LogP contribution is -2.54. The third kappa shape index (κ3) is 7.16. The zero-order chi connectivity index (χ0) is 35.0. The number of benzene rings is 2. The average molecular weight is 678 g/mol. The number of nitrogens with zero attached hydrogens (tertiary/aromatic N) is 1. The first kappa shape index (κ1) is 35.1. The highest BCUT2D eigenvalue weighted by molar-refractivity contribution is 7.90. The van der Waals surface area contributed by atoms with Gasteiger partial charge in [0.25, 0.3) is 0 Å². The fourth-order valence-corrected chi connectivity index (χ4v) is 7.50. The van der Waals surface area contributed by atoms with Gasteiger partial charge in [-0.2, -0.15) is 0 Å². The number of ether oxygens (including phenoxy) is 2. The summed E-state index contributed by atoms with van der Waals surface area (Å²) < 4.78 is 52.7. The van der Waals surface area contributed by atoms with Gasteiger partial charge in [0.2, 0.25) is 11.7 Å². The number of sulfone groups is 1. The number of aliphatic carboxylic acids is 2. The predicted octanol–water partition coefficient (Wildman–Crippen LogP) is 2.45. The molecule has 0 aromatic heterocycles. The monoisotopic (exact) mass is 677 g/mol. The summed E-state index contributed by atoms with van der Waals surface area (Å²) in [6.45, 7) is 5.56. The minimum atomic E-state index is -3.99. The molecule has 0 radical (unpaired) electrons. The van der Waals surface area contributed by atoms with E-state index >= 15 is 4.39 Å². The quantitative estimate of drug-likeness (QED) is 0.239. The number of methoxy groups -OCH3 is 1. The molecule has 0 unspecified atom stereocenters. The van der Waals surface area contributed by atoms with Crippen LogP contribution >= 0.6 is 0 Å². The predicted molar refractivity (Wildman–Crippen MR) is 167 cm³/mol. The molecule has 2 aromatic rings. The van der Waals surface area contributed by atoms with E-state index in [1.807, 2.05) is 0 Å². The number of nitrogens with one attached hydrogen (secondary N) is 2. The number of carboxylic acids is 2. The fourth-order valence-electron chi connectivity index (χ4n) is 6.37. The van der Waals surface area contributed by atoms with Crippen LogP contribution in [0.4, 0.5) is 21.5 Å². The SMILES string of the molecule is CCOc1cc2c(cc1OC)C[C@H]([C@@H](CS(C)(=O)=O)[C@H]1[C@H](C(=O)C(=O)O)c3c(NC(=O)CC(C)C)ccc(F)c3N1C(=O)C(=O)O)N2. The molecule has 4 rings (SSSR count). The highest BCUT2D eigenvalue weighted by atomic mass is 32.2. The van der Waals surface area contributed by atoms with Crippen LogP contribution in [-0.4, -0.2) is 86.0 Å². The molecule has 2 heterocycles. The van der Waals surface area contributed by atoms with Crippen molar-refractivity contribution in [3.8, 4) is 11.5 Å². The van der Waals surface area contributed by atoms with Gasteiger partial charge in [-0.05, 0) is 43.0 Å². The molecule has 14 nitrogen and oxygen atoms in total. The Hall–Kier alpha value is -4.73. The number of carboxylic acid groups (broad SMARTS) is 2. The Bertz CT molecular complexity index is 1740. The van der Waals surface area contributed by atoms with Gasteiger partial charge < -0.3 is 30.3 Å². The van der Waals surface area contributed by atoms with Gasteiger partial charge in [-0.15, -0.1) is 0 Å². The van der Waals surface area contributed by atoms with Crippen molar-refractivity contribution in [1.82, 2.24) is 0 Å². The number of ketones is 1. The lowest BCUT2D eigenvalue weighted by atomic mass is 9.79. The van der Waals surface area contributed by atoms with Crippen molar-refractivity contribution < 1.29 is 56.5 Å². The zero-order valence-corrected chi connectivity index (χ0v) is 27.1. The van der Waals surface area contributed by atoms with E-state index in [-0.39, 0.29) is 24.4 Å². The number of carbonyl (C=O) groups excluding carboxylic acids is 3. The maximum Gasteiger partial charge on any atom is 0.394 e. The van der Waals surface area contributed by atoms with Crippen molar-refractivity contribution in [2.75, 3.05) is 41.3 Å². The van der Waals surface area contributed by atoms with Crippen LogP contribution < -0.4 is 25.0 Å². The molecular weight excluding hydrogens is 641 g/mol. The number of amides is 2. The van der Waals surface area contributed by atoms with Crippen molar-refractivity contribution in [2.45, 2.75) is 51.6 Å². The number of Topliss-reactive ketones (excluding diaryl/α,β-unsaturated/α-hetero) is 1. The van der Waals surface area contributed by atoms with E-state index < -0.39 is 86.1 Å².